The van der Waals surface area contributed by atoms with Crippen LogP contribution in [-0.4, -0.2) is 41.0 Å². The predicted octanol–water partition coefficient (Wildman–Crippen LogP) is 3.87. The van der Waals surface area contributed by atoms with Crippen molar-refractivity contribution in [2.45, 2.75) is 71.1 Å². The molecule has 2 unspecified atom stereocenters. The van der Waals surface area contributed by atoms with Crippen molar-refractivity contribution >= 4 is 39.2 Å². The van der Waals surface area contributed by atoms with Crippen molar-refractivity contribution < 1.29 is 9.53 Å². The van der Waals surface area contributed by atoms with E-state index in [0.717, 1.165) is 35.9 Å². The summed E-state index contributed by atoms with van der Waals surface area (Å²) in [6, 6.07) is -0.0484. The van der Waals surface area contributed by atoms with Gasteiger partial charge in [-0.1, -0.05) is 32.5 Å². The minimum absolute atomic E-state index is 0.0484. The van der Waals surface area contributed by atoms with E-state index in [9.17, 15) is 9.59 Å². The Hall–Kier alpha value is -1.38. The molecule has 2 heterocycles. The van der Waals surface area contributed by atoms with E-state index in [-0.39, 0.29) is 23.3 Å². The molecule has 8 heteroatoms. The fourth-order valence-corrected chi connectivity index (χ4v) is 6.10. The topological polar surface area (TPSA) is 73.2 Å². The number of rotatable bonds is 9. The third kappa shape index (κ3) is 5.45. The minimum atomic E-state index is -0.0754. The van der Waals surface area contributed by atoms with E-state index in [4.69, 9.17) is 9.72 Å². The number of fused-ring (bicyclic) bond motifs is 3. The monoisotopic (exact) mass is 451 g/mol. The molecule has 0 aliphatic heterocycles. The van der Waals surface area contributed by atoms with Crippen LogP contribution in [-0.2, 0) is 28.9 Å². The molecule has 0 saturated heterocycles. The summed E-state index contributed by atoms with van der Waals surface area (Å²) in [6.45, 7) is 9.59. The zero-order valence-corrected chi connectivity index (χ0v) is 20.3. The van der Waals surface area contributed by atoms with Crippen molar-refractivity contribution in [3.63, 3.8) is 0 Å². The second-order valence-electron chi connectivity index (χ2n) is 8.78. The second kappa shape index (κ2) is 10.3. The molecule has 0 spiro atoms. The number of carbonyl (C=O) groups is 1. The third-order valence-electron chi connectivity index (χ3n) is 5.47. The Kier molecular flexibility index (Phi) is 7.98. The van der Waals surface area contributed by atoms with E-state index in [2.05, 4.69) is 26.1 Å². The molecule has 0 fully saturated rings. The highest BCUT2D eigenvalue weighted by molar-refractivity contribution is 7.99. The van der Waals surface area contributed by atoms with Gasteiger partial charge in [-0.3, -0.25) is 14.2 Å². The van der Waals surface area contributed by atoms with Crippen LogP contribution in [0.3, 0.4) is 0 Å². The van der Waals surface area contributed by atoms with E-state index in [1.54, 1.807) is 23.0 Å². The quantitative estimate of drug-likeness (QED) is 0.463. The summed E-state index contributed by atoms with van der Waals surface area (Å²) in [5.41, 5.74) is 1.27. The van der Waals surface area contributed by atoms with Gasteiger partial charge in [0.05, 0.1) is 17.7 Å². The lowest BCUT2D eigenvalue weighted by molar-refractivity contribution is -0.119. The number of thiophene rings is 1. The predicted molar refractivity (Wildman–Crippen MR) is 125 cm³/mol. The van der Waals surface area contributed by atoms with Crippen LogP contribution >= 0.6 is 23.1 Å². The molecule has 1 N–H and O–H groups in total. The van der Waals surface area contributed by atoms with E-state index >= 15 is 0 Å². The van der Waals surface area contributed by atoms with Crippen LogP contribution in [0.4, 0.5) is 0 Å². The number of methoxy groups -OCH3 is 1. The van der Waals surface area contributed by atoms with Gasteiger partial charge in [-0.2, -0.15) is 0 Å². The number of amides is 1. The fraction of sp³-hybridized carbons (Fsp3) is 0.682. The van der Waals surface area contributed by atoms with Crippen molar-refractivity contribution in [3.05, 3.63) is 20.8 Å². The van der Waals surface area contributed by atoms with Gasteiger partial charge in [0.15, 0.2) is 5.16 Å². The Labute approximate surface area is 186 Å². The first kappa shape index (κ1) is 23.3. The molecule has 0 bridgehead atoms. The van der Waals surface area contributed by atoms with Gasteiger partial charge in [0.2, 0.25) is 5.91 Å². The number of aromatic nitrogens is 2. The molecule has 30 heavy (non-hydrogen) atoms. The van der Waals surface area contributed by atoms with Gasteiger partial charge in [0.25, 0.3) is 5.56 Å². The van der Waals surface area contributed by atoms with E-state index in [0.29, 0.717) is 30.1 Å². The minimum Gasteiger partial charge on any atom is -0.383 e. The first-order valence-electron chi connectivity index (χ1n) is 10.8. The number of ether oxygens (including phenoxy) is 1. The Balaban J connectivity index is 1.90. The van der Waals surface area contributed by atoms with Gasteiger partial charge < -0.3 is 10.1 Å². The average molecular weight is 452 g/mol. The lowest BCUT2D eigenvalue weighted by atomic mass is 9.89. The largest absolute Gasteiger partial charge is 0.383 e. The number of nitrogens with one attached hydrogen (secondary N) is 1. The van der Waals surface area contributed by atoms with E-state index < -0.39 is 0 Å². The van der Waals surface area contributed by atoms with Gasteiger partial charge in [0.1, 0.15) is 4.83 Å². The van der Waals surface area contributed by atoms with Crippen LogP contribution in [0, 0.1) is 11.8 Å². The summed E-state index contributed by atoms with van der Waals surface area (Å²) in [4.78, 5) is 32.8. The van der Waals surface area contributed by atoms with Crippen molar-refractivity contribution in [1.82, 2.24) is 14.9 Å². The summed E-state index contributed by atoms with van der Waals surface area (Å²) >= 11 is 3.01. The molecule has 1 aliphatic rings. The van der Waals surface area contributed by atoms with Gasteiger partial charge in [-0.15, -0.1) is 11.3 Å². The van der Waals surface area contributed by atoms with E-state index in [1.807, 2.05) is 6.92 Å². The number of nitrogens with zero attached hydrogens (tertiary/aromatic N) is 2. The summed E-state index contributed by atoms with van der Waals surface area (Å²) in [5.74, 6) is 1.30. The normalized spacial score (nSPS) is 17.3. The van der Waals surface area contributed by atoms with Crippen LogP contribution in [0.5, 0.6) is 0 Å². The van der Waals surface area contributed by atoms with Crippen molar-refractivity contribution in [3.8, 4) is 0 Å². The second-order valence-corrected chi connectivity index (χ2v) is 10.8. The first-order chi connectivity index (χ1) is 14.3. The average Bonchev–Trinajstić information content (AvgIpc) is 3.03. The first-order valence-corrected chi connectivity index (χ1v) is 12.6. The molecule has 6 nitrogen and oxygen atoms in total. The van der Waals surface area contributed by atoms with Gasteiger partial charge in [0, 0.05) is 24.6 Å². The lowest BCUT2D eigenvalue weighted by Gasteiger charge is -2.18. The number of hydrogen-bond donors (Lipinski definition) is 1. The Morgan fingerprint density at radius 3 is 2.87 bits per heavy atom. The summed E-state index contributed by atoms with van der Waals surface area (Å²) in [5, 5.41) is 4.38. The standard InChI is InChI=1S/C22H33N3O3S2/c1-13(2)8-9-25-21(27)19-16-7-6-14(3)10-17(16)30-20(19)24-22(25)29-12-18(26)23-15(4)11-28-5/h13-15H,6-12H2,1-5H3,(H,23,26). The SMILES string of the molecule is COCC(C)NC(=O)CSc1nc2sc3c(c2c(=O)n1CCC(C)C)CCC(C)C3. The Morgan fingerprint density at radius 1 is 1.40 bits per heavy atom. The van der Waals surface area contributed by atoms with Crippen LogP contribution in [0.2, 0.25) is 0 Å². The van der Waals surface area contributed by atoms with E-state index in [1.165, 1.54) is 22.2 Å². The van der Waals surface area contributed by atoms with Gasteiger partial charge >= 0.3 is 0 Å². The molecule has 1 aliphatic carbocycles. The lowest BCUT2D eigenvalue weighted by Crippen LogP contribution is -2.36. The van der Waals surface area contributed by atoms with Gasteiger partial charge in [-0.05, 0) is 50.0 Å². The molecule has 2 atom stereocenters. The maximum Gasteiger partial charge on any atom is 0.263 e. The molecule has 2 aromatic rings. The summed E-state index contributed by atoms with van der Waals surface area (Å²) in [6.07, 6.45) is 4.02. The molecule has 0 saturated carbocycles. The molecule has 166 valence electrons. The molecule has 0 radical (unpaired) electrons. The third-order valence-corrected chi connectivity index (χ3v) is 7.59. The highest BCUT2D eigenvalue weighted by Gasteiger charge is 2.25. The van der Waals surface area contributed by atoms with Crippen molar-refractivity contribution in [1.29, 1.82) is 0 Å². The summed E-state index contributed by atoms with van der Waals surface area (Å²) < 4.78 is 6.87. The zero-order valence-electron chi connectivity index (χ0n) is 18.6. The number of thioether (sulfide) groups is 1. The van der Waals surface area contributed by atoms with Gasteiger partial charge in [-0.25, -0.2) is 4.98 Å². The maximum atomic E-state index is 13.5. The molecule has 1 amide bonds. The maximum absolute atomic E-state index is 13.5. The Bertz CT molecular complexity index is 951. The zero-order chi connectivity index (χ0) is 21.8. The molecule has 0 aromatic carbocycles. The number of hydrogen-bond acceptors (Lipinski definition) is 6. The molecule has 2 aromatic heterocycles. The molecular weight excluding hydrogens is 418 g/mol. The highest BCUT2D eigenvalue weighted by Crippen LogP contribution is 2.36. The number of carbonyl (C=O) groups excluding carboxylic acids is 1. The fourth-order valence-electron chi connectivity index (χ4n) is 3.84. The molecule has 3 rings (SSSR count). The van der Waals surface area contributed by atoms with Crippen molar-refractivity contribution in [2.75, 3.05) is 19.5 Å². The highest BCUT2D eigenvalue weighted by atomic mass is 32.2. The van der Waals surface area contributed by atoms with Crippen LogP contribution in [0.1, 0.15) is 51.0 Å². The summed E-state index contributed by atoms with van der Waals surface area (Å²) in [7, 11) is 1.62. The smallest absolute Gasteiger partial charge is 0.263 e. The van der Waals surface area contributed by atoms with Crippen molar-refractivity contribution in [2.24, 2.45) is 11.8 Å². The van der Waals surface area contributed by atoms with Crippen LogP contribution in [0.25, 0.3) is 10.2 Å². The number of aryl methyl sites for hydroxylation is 1. The molecular formula is C22H33N3O3S2. The van der Waals surface area contributed by atoms with Crippen LogP contribution in [0.15, 0.2) is 9.95 Å². The van der Waals surface area contributed by atoms with Crippen LogP contribution < -0.4 is 10.9 Å². The Morgan fingerprint density at radius 2 is 2.17 bits per heavy atom.